The fourth-order valence-electron chi connectivity index (χ4n) is 1.32. The number of hydrogen-bond acceptors (Lipinski definition) is 5. The molecule has 17 heavy (non-hydrogen) atoms. The van der Waals surface area contributed by atoms with E-state index in [2.05, 4.69) is 9.72 Å². The molecule has 0 bridgehead atoms. The van der Waals surface area contributed by atoms with Gasteiger partial charge in [-0.1, -0.05) is 17.8 Å². The molecule has 0 amide bonds. The molecule has 2 aromatic heterocycles. The molecule has 5 heteroatoms. The second kappa shape index (κ2) is 5.54. The molecule has 0 saturated carbocycles. The Kier molecular flexibility index (Phi) is 3.82. The summed E-state index contributed by atoms with van der Waals surface area (Å²) in [4.78, 5) is 15.6. The predicted octanol–water partition coefficient (Wildman–Crippen LogP) is 2.75. The van der Waals surface area contributed by atoms with Gasteiger partial charge in [0.1, 0.15) is 11.3 Å². The summed E-state index contributed by atoms with van der Waals surface area (Å²) in [6, 6.07) is 7.29. The van der Waals surface area contributed by atoms with Crippen molar-refractivity contribution in [2.24, 2.45) is 0 Å². The van der Waals surface area contributed by atoms with E-state index in [0.717, 1.165) is 5.03 Å². The lowest BCUT2D eigenvalue weighted by Gasteiger charge is -2.00. The van der Waals surface area contributed by atoms with Gasteiger partial charge in [0.2, 0.25) is 0 Å². The highest BCUT2D eigenvalue weighted by atomic mass is 32.2. The fourth-order valence-corrected chi connectivity index (χ4v) is 2.13. The molecule has 0 aliphatic carbocycles. The number of thioether (sulfide) groups is 1. The molecule has 0 aliphatic rings. The van der Waals surface area contributed by atoms with Crippen LogP contribution in [0.25, 0.3) is 0 Å². The normalized spacial score (nSPS) is 10.2. The van der Waals surface area contributed by atoms with Crippen LogP contribution in [0.2, 0.25) is 0 Å². The first kappa shape index (κ1) is 11.7. The largest absolute Gasteiger partial charge is 0.468 e. The summed E-state index contributed by atoms with van der Waals surface area (Å²) in [7, 11) is 1.35. The topological polar surface area (TPSA) is 52.3 Å². The molecule has 0 aromatic carbocycles. The third kappa shape index (κ3) is 2.88. The van der Waals surface area contributed by atoms with Crippen molar-refractivity contribution in [3.8, 4) is 0 Å². The van der Waals surface area contributed by atoms with E-state index >= 15 is 0 Å². The third-order valence-corrected chi connectivity index (χ3v) is 3.08. The number of carbonyl (C=O) groups is 1. The van der Waals surface area contributed by atoms with Crippen molar-refractivity contribution >= 4 is 17.7 Å². The molecular weight excluding hydrogens is 238 g/mol. The lowest BCUT2D eigenvalue weighted by atomic mass is 10.3. The molecule has 0 aliphatic heterocycles. The smallest absolute Gasteiger partial charge is 0.341 e. The van der Waals surface area contributed by atoms with E-state index in [9.17, 15) is 4.79 Å². The number of ether oxygens (including phenoxy) is 1. The molecule has 4 nitrogen and oxygen atoms in total. The Labute approximate surface area is 103 Å². The molecule has 0 unspecified atom stereocenters. The highest BCUT2D eigenvalue weighted by molar-refractivity contribution is 7.98. The van der Waals surface area contributed by atoms with Crippen LogP contribution in [0.15, 0.2) is 46.2 Å². The zero-order chi connectivity index (χ0) is 12.1. The monoisotopic (exact) mass is 249 g/mol. The minimum atomic E-state index is -0.379. The zero-order valence-corrected chi connectivity index (χ0v) is 10.1. The number of esters is 1. The predicted molar refractivity (Wildman–Crippen MR) is 63.8 cm³/mol. The van der Waals surface area contributed by atoms with Crippen LogP contribution in [0.5, 0.6) is 0 Å². The standard InChI is InChI=1S/C12H11NO3S/c1-15-12(14)9-5-7-16-10(9)8-17-11-4-2-3-6-13-11/h2-7H,8H2,1H3. The molecule has 88 valence electrons. The van der Waals surface area contributed by atoms with Crippen LogP contribution >= 0.6 is 11.8 Å². The van der Waals surface area contributed by atoms with Gasteiger partial charge in [-0.2, -0.15) is 0 Å². The summed E-state index contributed by atoms with van der Waals surface area (Å²) in [6.07, 6.45) is 3.21. The van der Waals surface area contributed by atoms with Gasteiger partial charge in [0, 0.05) is 6.20 Å². The van der Waals surface area contributed by atoms with E-state index < -0.39 is 0 Å². The Balaban J connectivity index is 2.05. The Hall–Kier alpha value is -1.75. The van der Waals surface area contributed by atoms with Crippen molar-refractivity contribution in [1.82, 2.24) is 4.98 Å². The molecule has 0 spiro atoms. The van der Waals surface area contributed by atoms with E-state index in [0.29, 0.717) is 17.1 Å². The summed E-state index contributed by atoms with van der Waals surface area (Å²) < 4.78 is 9.92. The molecule has 0 saturated heterocycles. The minimum Gasteiger partial charge on any atom is -0.468 e. The SMILES string of the molecule is COC(=O)c1ccoc1CSc1ccccn1. The van der Waals surface area contributed by atoms with Crippen LogP contribution in [0.4, 0.5) is 0 Å². The highest BCUT2D eigenvalue weighted by Gasteiger charge is 2.15. The molecule has 2 rings (SSSR count). The van der Waals surface area contributed by atoms with Gasteiger partial charge in [0.15, 0.2) is 0 Å². The zero-order valence-electron chi connectivity index (χ0n) is 9.25. The molecule has 2 heterocycles. The van der Waals surface area contributed by atoms with Crippen LogP contribution < -0.4 is 0 Å². The number of hydrogen-bond donors (Lipinski definition) is 0. The number of methoxy groups -OCH3 is 1. The molecule has 0 radical (unpaired) electrons. The van der Waals surface area contributed by atoms with Gasteiger partial charge in [-0.15, -0.1) is 0 Å². The van der Waals surface area contributed by atoms with Crippen LogP contribution in [-0.4, -0.2) is 18.1 Å². The van der Waals surface area contributed by atoms with Crippen LogP contribution in [0.3, 0.4) is 0 Å². The summed E-state index contributed by atoms with van der Waals surface area (Å²) >= 11 is 1.51. The van der Waals surface area contributed by atoms with Gasteiger partial charge in [-0.3, -0.25) is 0 Å². The van der Waals surface area contributed by atoms with E-state index in [1.807, 2.05) is 18.2 Å². The average molecular weight is 249 g/mol. The van der Waals surface area contributed by atoms with Gasteiger partial charge in [0.05, 0.1) is 24.2 Å². The third-order valence-electron chi connectivity index (χ3n) is 2.14. The van der Waals surface area contributed by atoms with Crippen molar-refractivity contribution in [3.05, 3.63) is 48.0 Å². The lowest BCUT2D eigenvalue weighted by Crippen LogP contribution is -2.02. The second-order valence-corrected chi connectivity index (χ2v) is 4.20. The first-order valence-corrected chi connectivity index (χ1v) is 5.98. The summed E-state index contributed by atoms with van der Waals surface area (Å²) in [5.74, 6) is 0.775. The van der Waals surface area contributed by atoms with Crippen LogP contribution in [0.1, 0.15) is 16.1 Å². The minimum absolute atomic E-state index is 0.379. The Morgan fingerprint density at radius 1 is 1.47 bits per heavy atom. The lowest BCUT2D eigenvalue weighted by molar-refractivity contribution is 0.0598. The molecule has 0 N–H and O–H groups in total. The van der Waals surface area contributed by atoms with E-state index in [1.54, 1.807) is 12.3 Å². The average Bonchev–Trinajstić information content (AvgIpc) is 2.85. The Bertz CT molecular complexity index is 495. The number of pyridine rings is 1. The van der Waals surface area contributed by atoms with Crippen LogP contribution in [-0.2, 0) is 10.5 Å². The summed E-state index contributed by atoms with van der Waals surface area (Å²) in [6.45, 7) is 0. The number of rotatable bonds is 4. The van der Waals surface area contributed by atoms with Crippen LogP contribution in [0, 0.1) is 0 Å². The number of furan rings is 1. The van der Waals surface area contributed by atoms with E-state index in [-0.39, 0.29) is 5.97 Å². The maximum atomic E-state index is 11.4. The van der Waals surface area contributed by atoms with Gasteiger partial charge in [-0.25, -0.2) is 9.78 Å². The van der Waals surface area contributed by atoms with E-state index in [4.69, 9.17) is 4.42 Å². The summed E-state index contributed by atoms with van der Waals surface area (Å²) in [5, 5.41) is 0.889. The number of carbonyl (C=O) groups excluding carboxylic acids is 1. The van der Waals surface area contributed by atoms with Crippen molar-refractivity contribution < 1.29 is 13.9 Å². The van der Waals surface area contributed by atoms with Crippen molar-refractivity contribution in [2.75, 3.05) is 7.11 Å². The van der Waals surface area contributed by atoms with Crippen molar-refractivity contribution in [1.29, 1.82) is 0 Å². The van der Waals surface area contributed by atoms with E-state index in [1.165, 1.54) is 25.1 Å². The number of aromatic nitrogens is 1. The fraction of sp³-hybridized carbons (Fsp3) is 0.167. The first-order chi connectivity index (χ1) is 8.31. The highest BCUT2D eigenvalue weighted by Crippen LogP contribution is 2.23. The maximum absolute atomic E-state index is 11.4. The molecule has 0 atom stereocenters. The quantitative estimate of drug-likeness (QED) is 0.616. The van der Waals surface area contributed by atoms with Gasteiger partial charge in [-0.05, 0) is 18.2 Å². The first-order valence-electron chi connectivity index (χ1n) is 5.00. The maximum Gasteiger partial charge on any atom is 0.341 e. The Morgan fingerprint density at radius 3 is 3.06 bits per heavy atom. The van der Waals surface area contributed by atoms with Gasteiger partial charge in [0.25, 0.3) is 0 Å². The molecular formula is C12H11NO3S. The van der Waals surface area contributed by atoms with Crippen molar-refractivity contribution in [3.63, 3.8) is 0 Å². The number of nitrogens with zero attached hydrogens (tertiary/aromatic N) is 1. The Morgan fingerprint density at radius 2 is 2.35 bits per heavy atom. The second-order valence-electron chi connectivity index (χ2n) is 3.21. The van der Waals surface area contributed by atoms with Crippen molar-refractivity contribution in [2.45, 2.75) is 10.8 Å². The molecule has 0 fully saturated rings. The summed E-state index contributed by atoms with van der Waals surface area (Å²) in [5.41, 5.74) is 0.468. The van der Waals surface area contributed by atoms with Gasteiger partial charge >= 0.3 is 5.97 Å². The van der Waals surface area contributed by atoms with Gasteiger partial charge < -0.3 is 9.15 Å². The molecule has 2 aromatic rings.